The zero-order valence-electron chi connectivity index (χ0n) is 18.5. The van der Waals surface area contributed by atoms with E-state index in [1.165, 1.54) is 12.0 Å². The van der Waals surface area contributed by atoms with Crippen LogP contribution in [0.25, 0.3) is 0 Å². The number of carbonyl (C=O) groups is 1. The topological polar surface area (TPSA) is 136 Å². The average molecular weight is 431 g/mol. The van der Waals surface area contributed by atoms with Gasteiger partial charge in [-0.25, -0.2) is 4.79 Å². The molecule has 0 bridgehead atoms. The molecule has 0 spiro atoms. The number of carbonyl (C=O) groups excluding carboxylic acids is 1. The van der Waals surface area contributed by atoms with Crippen LogP contribution in [0, 0.1) is 45.3 Å². The van der Waals surface area contributed by atoms with Gasteiger partial charge in [0.05, 0.1) is 36.6 Å². The zero-order chi connectivity index (χ0) is 23.7. The molecule has 2 aliphatic rings. The summed E-state index contributed by atoms with van der Waals surface area (Å²) in [6, 6.07) is 13.5. The van der Waals surface area contributed by atoms with Crippen molar-refractivity contribution < 1.29 is 14.3 Å². The van der Waals surface area contributed by atoms with Crippen molar-refractivity contribution in [3.8, 4) is 24.0 Å². The summed E-state index contributed by atoms with van der Waals surface area (Å²) in [6.07, 6.45) is 1.16. The first-order chi connectivity index (χ1) is 15.1. The van der Waals surface area contributed by atoms with Crippen LogP contribution in [-0.4, -0.2) is 36.8 Å². The molecule has 2 N–H and O–H groups in total. The van der Waals surface area contributed by atoms with E-state index >= 15 is 0 Å². The van der Waals surface area contributed by atoms with Crippen LogP contribution in [0.5, 0.6) is 5.75 Å². The standard InChI is InChI=1S/C24H25N5O3/c1-23(2,3)32-16-7-5-15(6-8-16)20-17(11-25)21(28)24(13-26,14-27)19-9-10-29(12-18(19)20)22(30)31-4/h5-9,18,20H,10,12,28H2,1-4H3/t18-,20+/m1/s1. The van der Waals surface area contributed by atoms with Crippen LogP contribution < -0.4 is 10.5 Å². The molecular formula is C24H25N5O3. The molecule has 1 aromatic rings. The second-order valence-electron chi connectivity index (χ2n) is 8.81. The summed E-state index contributed by atoms with van der Waals surface area (Å²) in [5, 5.41) is 29.8. The lowest BCUT2D eigenvalue weighted by molar-refractivity contribution is 0.117. The number of benzene rings is 1. The molecule has 0 aromatic heterocycles. The third-order valence-corrected chi connectivity index (χ3v) is 5.74. The van der Waals surface area contributed by atoms with Gasteiger partial charge < -0.3 is 20.1 Å². The Morgan fingerprint density at radius 3 is 2.31 bits per heavy atom. The summed E-state index contributed by atoms with van der Waals surface area (Å²) in [7, 11) is 1.29. The van der Waals surface area contributed by atoms with Crippen molar-refractivity contribution in [1.29, 1.82) is 15.8 Å². The van der Waals surface area contributed by atoms with E-state index in [1.807, 2.05) is 57.2 Å². The molecule has 0 unspecified atom stereocenters. The second-order valence-corrected chi connectivity index (χ2v) is 8.81. The van der Waals surface area contributed by atoms with Crippen molar-refractivity contribution >= 4 is 6.09 Å². The second kappa shape index (κ2) is 8.29. The molecule has 164 valence electrons. The van der Waals surface area contributed by atoms with E-state index in [0.29, 0.717) is 11.3 Å². The monoisotopic (exact) mass is 431 g/mol. The number of amides is 1. The fourth-order valence-electron chi connectivity index (χ4n) is 4.39. The van der Waals surface area contributed by atoms with E-state index in [9.17, 15) is 20.6 Å². The predicted molar refractivity (Wildman–Crippen MR) is 116 cm³/mol. The number of nitrogens with two attached hydrogens (primary N) is 1. The lowest BCUT2D eigenvalue weighted by Crippen LogP contribution is -2.48. The average Bonchev–Trinajstić information content (AvgIpc) is 2.77. The third kappa shape index (κ3) is 3.74. The first kappa shape index (κ1) is 22.7. The van der Waals surface area contributed by atoms with Gasteiger partial charge in [-0.2, -0.15) is 15.8 Å². The molecule has 8 heteroatoms. The predicted octanol–water partition coefficient (Wildman–Crippen LogP) is 3.36. The first-order valence-electron chi connectivity index (χ1n) is 10.2. The Morgan fingerprint density at radius 2 is 1.81 bits per heavy atom. The van der Waals surface area contributed by atoms with Gasteiger partial charge in [-0.15, -0.1) is 0 Å². The molecule has 0 radical (unpaired) electrons. The van der Waals surface area contributed by atoms with E-state index in [-0.39, 0.29) is 30.0 Å². The van der Waals surface area contributed by atoms with Crippen LogP contribution in [-0.2, 0) is 4.74 Å². The van der Waals surface area contributed by atoms with Gasteiger partial charge in [-0.05, 0) is 44.0 Å². The molecule has 8 nitrogen and oxygen atoms in total. The maximum atomic E-state index is 12.2. The molecule has 0 fully saturated rings. The molecule has 0 saturated carbocycles. The van der Waals surface area contributed by atoms with Crippen molar-refractivity contribution in [2.24, 2.45) is 17.1 Å². The molecule has 3 rings (SSSR count). The molecular weight excluding hydrogens is 406 g/mol. The van der Waals surface area contributed by atoms with E-state index < -0.39 is 23.3 Å². The number of nitrogens with zero attached hydrogens (tertiary/aromatic N) is 4. The van der Waals surface area contributed by atoms with E-state index in [1.54, 1.807) is 6.08 Å². The number of hydrogen-bond donors (Lipinski definition) is 1. The highest BCUT2D eigenvalue weighted by Gasteiger charge is 2.53. The Kier molecular flexibility index (Phi) is 5.88. The Bertz CT molecular complexity index is 1090. The number of ether oxygens (including phenoxy) is 2. The molecule has 1 aliphatic carbocycles. The molecule has 0 saturated heterocycles. The lowest BCUT2D eigenvalue weighted by atomic mass is 9.60. The maximum absolute atomic E-state index is 12.2. The quantitative estimate of drug-likeness (QED) is 0.709. The number of allylic oxidation sites excluding steroid dienone is 2. The molecule has 1 heterocycles. The molecule has 1 aromatic carbocycles. The van der Waals surface area contributed by atoms with E-state index in [4.69, 9.17) is 15.2 Å². The smallest absolute Gasteiger partial charge is 0.409 e. The summed E-state index contributed by atoms with van der Waals surface area (Å²) < 4.78 is 10.7. The van der Waals surface area contributed by atoms with Crippen molar-refractivity contribution in [2.75, 3.05) is 20.2 Å². The van der Waals surface area contributed by atoms with Gasteiger partial charge in [0.25, 0.3) is 0 Å². The summed E-state index contributed by atoms with van der Waals surface area (Å²) >= 11 is 0. The molecule has 32 heavy (non-hydrogen) atoms. The number of methoxy groups -OCH3 is 1. The van der Waals surface area contributed by atoms with Gasteiger partial charge in [0, 0.05) is 24.9 Å². The van der Waals surface area contributed by atoms with Crippen LogP contribution in [0.15, 0.2) is 47.2 Å². The van der Waals surface area contributed by atoms with Gasteiger partial charge in [0.15, 0.2) is 0 Å². The van der Waals surface area contributed by atoms with Crippen LogP contribution in [0.2, 0.25) is 0 Å². The largest absolute Gasteiger partial charge is 0.488 e. The summed E-state index contributed by atoms with van der Waals surface area (Å²) in [6.45, 7) is 6.21. The Morgan fingerprint density at radius 1 is 1.19 bits per heavy atom. The third-order valence-electron chi connectivity index (χ3n) is 5.74. The molecule has 2 atom stereocenters. The number of fused-ring (bicyclic) bond motifs is 1. The SMILES string of the molecule is COC(=O)N1CC=C2[C@@H](C1)[C@@H](c1ccc(OC(C)(C)C)cc1)C(C#N)=C(N)C2(C#N)C#N. The Labute approximate surface area is 187 Å². The van der Waals surface area contributed by atoms with Crippen molar-refractivity contribution in [1.82, 2.24) is 4.90 Å². The first-order valence-corrected chi connectivity index (χ1v) is 10.2. The normalized spacial score (nSPS) is 21.9. The van der Waals surface area contributed by atoms with E-state index in [0.717, 1.165) is 5.56 Å². The summed E-state index contributed by atoms with van der Waals surface area (Å²) in [5.74, 6) is -0.345. The maximum Gasteiger partial charge on any atom is 0.409 e. The van der Waals surface area contributed by atoms with Crippen LogP contribution in [0.3, 0.4) is 0 Å². The molecule has 1 amide bonds. The molecule has 1 aliphatic heterocycles. The summed E-state index contributed by atoms with van der Waals surface area (Å²) in [4.78, 5) is 13.7. The number of hydrogen-bond acceptors (Lipinski definition) is 7. The highest BCUT2D eigenvalue weighted by Crippen LogP contribution is 2.52. The minimum atomic E-state index is -1.75. The van der Waals surface area contributed by atoms with E-state index in [2.05, 4.69) is 6.07 Å². The van der Waals surface area contributed by atoms with Crippen LogP contribution in [0.1, 0.15) is 32.3 Å². The minimum Gasteiger partial charge on any atom is -0.488 e. The van der Waals surface area contributed by atoms with Gasteiger partial charge in [-0.3, -0.25) is 0 Å². The van der Waals surface area contributed by atoms with Crippen molar-refractivity contribution in [2.45, 2.75) is 32.3 Å². The minimum absolute atomic E-state index is 0.0564. The van der Waals surface area contributed by atoms with Crippen molar-refractivity contribution in [3.63, 3.8) is 0 Å². The Balaban J connectivity index is 2.16. The fraction of sp³-hybridized carbons (Fsp3) is 0.417. The fourth-order valence-corrected chi connectivity index (χ4v) is 4.39. The van der Waals surface area contributed by atoms with Gasteiger partial charge in [-0.1, -0.05) is 18.2 Å². The van der Waals surface area contributed by atoms with Gasteiger partial charge in [0.2, 0.25) is 5.41 Å². The number of rotatable bonds is 2. The summed E-state index contributed by atoms with van der Waals surface area (Å²) in [5.41, 5.74) is 5.58. The van der Waals surface area contributed by atoms with Crippen molar-refractivity contribution in [3.05, 3.63) is 52.7 Å². The van der Waals surface area contributed by atoms with Crippen LogP contribution in [0.4, 0.5) is 4.79 Å². The number of nitriles is 3. The van der Waals surface area contributed by atoms with Gasteiger partial charge in [0.1, 0.15) is 11.4 Å². The van der Waals surface area contributed by atoms with Crippen LogP contribution >= 0.6 is 0 Å². The highest BCUT2D eigenvalue weighted by atomic mass is 16.5. The Hall–Kier alpha value is -3.96. The highest BCUT2D eigenvalue weighted by molar-refractivity contribution is 5.69. The lowest BCUT2D eigenvalue weighted by Gasteiger charge is -2.44. The van der Waals surface area contributed by atoms with Gasteiger partial charge >= 0.3 is 6.09 Å². The zero-order valence-corrected chi connectivity index (χ0v) is 18.5.